The van der Waals surface area contributed by atoms with Crippen LogP contribution in [0.5, 0.6) is 5.75 Å². The number of carbonyl (C=O) groups excluding carboxylic acids is 1. The fourth-order valence-electron chi connectivity index (χ4n) is 3.18. The number of hydrogen-bond acceptors (Lipinski definition) is 7. The first-order valence-electron chi connectivity index (χ1n) is 9.21. The van der Waals surface area contributed by atoms with E-state index >= 15 is 0 Å². The number of fused-ring (bicyclic) bond motifs is 1. The fourth-order valence-corrected chi connectivity index (χ4v) is 3.18. The van der Waals surface area contributed by atoms with Gasteiger partial charge in [0.05, 0.1) is 19.1 Å². The molecule has 0 unspecified atom stereocenters. The molecule has 0 N–H and O–H groups in total. The summed E-state index contributed by atoms with van der Waals surface area (Å²) in [5, 5.41) is 0.775. The van der Waals surface area contributed by atoms with Gasteiger partial charge in [-0.1, -0.05) is 12.1 Å². The van der Waals surface area contributed by atoms with Crippen molar-refractivity contribution in [3.63, 3.8) is 0 Å². The predicted molar refractivity (Wildman–Crippen MR) is 111 cm³/mol. The van der Waals surface area contributed by atoms with Crippen LogP contribution < -0.4 is 15.3 Å². The van der Waals surface area contributed by atoms with E-state index in [4.69, 9.17) is 18.3 Å². The van der Waals surface area contributed by atoms with Gasteiger partial charge in [0.1, 0.15) is 29.3 Å². The van der Waals surface area contributed by atoms with Crippen molar-refractivity contribution in [3.8, 4) is 5.75 Å². The van der Waals surface area contributed by atoms with Gasteiger partial charge in [0.15, 0.2) is 0 Å². The van der Waals surface area contributed by atoms with Gasteiger partial charge < -0.3 is 23.2 Å². The fraction of sp³-hybridized carbons (Fsp3) is 0.130. The summed E-state index contributed by atoms with van der Waals surface area (Å²) in [6.07, 6.45) is 1.51. The van der Waals surface area contributed by atoms with E-state index in [-0.39, 0.29) is 12.2 Å². The van der Waals surface area contributed by atoms with Gasteiger partial charge in [-0.3, -0.25) is 0 Å². The standard InChI is InChI=1S/C23H19NO6/c1-24(19-13-22(25)30-21-8-4-3-7-17(19)21)15-9-10-20(27-2)18(12-15)23(26)29-14-16-6-5-11-28-16/h3-13H,14H2,1-2H3. The molecule has 2 heterocycles. The molecule has 0 aliphatic carbocycles. The second kappa shape index (κ2) is 8.16. The lowest BCUT2D eigenvalue weighted by Gasteiger charge is -2.22. The van der Waals surface area contributed by atoms with Crippen molar-refractivity contribution in [1.82, 2.24) is 0 Å². The molecule has 0 bridgehead atoms. The number of hydrogen-bond donors (Lipinski definition) is 0. The van der Waals surface area contributed by atoms with Crippen molar-refractivity contribution >= 4 is 28.3 Å². The Morgan fingerprint density at radius 1 is 1.07 bits per heavy atom. The molecule has 0 spiro atoms. The molecule has 7 nitrogen and oxygen atoms in total. The minimum Gasteiger partial charge on any atom is -0.496 e. The zero-order valence-corrected chi connectivity index (χ0v) is 16.5. The maximum Gasteiger partial charge on any atom is 0.342 e. The van der Waals surface area contributed by atoms with Gasteiger partial charge in [-0.15, -0.1) is 0 Å². The molecule has 0 atom stereocenters. The summed E-state index contributed by atoms with van der Waals surface area (Å²) in [4.78, 5) is 26.5. The Bertz CT molecular complexity index is 1240. The summed E-state index contributed by atoms with van der Waals surface area (Å²) in [5.41, 5.74) is 1.62. The van der Waals surface area contributed by atoms with E-state index in [1.807, 2.05) is 17.0 Å². The summed E-state index contributed by atoms with van der Waals surface area (Å²) in [7, 11) is 3.29. The molecule has 0 saturated carbocycles. The number of para-hydroxylation sites is 1. The molecule has 2 aromatic heterocycles. The van der Waals surface area contributed by atoms with Gasteiger partial charge in [0, 0.05) is 24.2 Å². The Morgan fingerprint density at radius 3 is 2.67 bits per heavy atom. The van der Waals surface area contributed by atoms with Crippen molar-refractivity contribution in [2.75, 3.05) is 19.1 Å². The van der Waals surface area contributed by atoms with Crippen LogP contribution in [-0.2, 0) is 11.3 Å². The number of anilines is 2. The van der Waals surface area contributed by atoms with Crippen molar-refractivity contribution in [2.45, 2.75) is 6.61 Å². The average molecular weight is 405 g/mol. The summed E-state index contributed by atoms with van der Waals surface area (Å²) in [6, 6.07) is 17.3. The van der Waals surface area contributed by atoms with Crippen LogP contribution in [0.1, 0.15) is 16.1 Å². The minimum atomic E-state index is -0.545. The lowest BCUT2D eigenvalue weighted by molar-refractivity contribution is 0.0442. The smallest absolute Gasteiger partial charge is 0.342 e. The highest BCUT2D eigenvalue weighted by Crippen LogP contribution is 2.32. The van der Waals surface area contributed by atoms with E-state index in [9.17, 15) is 9.59 Å². The summed E-state index contributed by atoms with van der Waals surface area (Å²) in [5.74, 6) is 0.378. The largest absolute Gasteiger partial charge is 0.496 e. The van der Waals surface area contributed by atoms with E-state index in [2.05, 4.69) is 0 Å². The van der Waals surface area contributed by atoms with E-state index in [0.717, 1.165) is 5.39 Å². The van der Waals surface area contributed by atoms with Crippen LogP contribution in [0.4, 0.5) is 11.4 Å². The Hall–Kier alpha value is -4.00. The predicted octanol–water partition coefficient (Wildman–Crippen LogP) is 4.52. The van der Waals surface area contributed by atoms with Gasteiger partial charge in [-0.05, 0) is 42.5 Å². The second-order valence-corrected chi connectivity index (χ2v) is 6.55. The van der Waals surface area contributed by atoms with Gasteiger partial charge >= 0.3 is 11.6 Å². The first-order valence-corrected chi connectivity index (χ1v) is 9.21. The molecule has 0 aliphatic rings. The third-order valence-corrected chi connectivity index (χ3v) is 4.71. The van der Waals surface area contributed by atoms with E-state index in [0.29, 0.717) is 28.5 Å². The average Bonchev–Trinajstić information content (AvgIpc) is 3.29. The molecule has 0 aliphatic heterocycles. The quantitative estimate of drug-likeness (QED) is 0.344. The molecule has 0 radical (unpaired) electrons. The molecular weight excluding hydrogens is 386 g/mol. The number of methoxy groups -OCH3 is 1. The molecule has 0 saturated heterocycles. The first-order chi connectivity index (χ1) is 14.6. The van der Waals surface area contributed by atoms with Crippen LogP contribution in [-0.4, -0.2) is 20.1 Å². The van der Waals surface area contributed by atoms with Crippen molar-refractivity contribution in [1.29, 1.82) is 0 Å². The van der Waals surface area contributed by atoms with Gasteiger partial charge in [0.25, 0.3) is 0 Å². The maximum atomic E-state index is 12.7. The molecule has 4 aromatic rings. The van der Waals surface area contributed by atoms with E-state index in [1.54, 1.807) is 49.5 Å². The number of esters is 1. The minimum absolute atomic E-state index is 0.0133. The van der Waals surface area contributed by atoms with Gasteiger partial charge in [0.2, 0.25) is 0 Å². The molecule has 4 rings (SSSR count). The highest BCUT2D eigenvalue weighted by Gasteiger charge is 2.18. The van der Waals surface area contributed by atoms with Crippen molar-refractivity contribution < 1.29 is 23.1 Å². The molecule has 30 heavy (non-hydrogen) atoms. The van der Waals surface area contributed by atoms with Crippen LogP contribution in [0, 0.1) is 0 Å². The number of ether oxygens (including phenoxy) is 2. The highest BCUT2D eigenvalue weighted by molar-refractivity contribution is 5.96. The topological polar surface area (TPSA) is 82.1 Å². The highest BCUT2D eigenvalue weighted by atomic mass is 16.5. The van der Waals surface area contributed by atoms with Crippen molar-refractivity contribution in [3.05, 3.63) is 88.7 Å². The Morgan fingerprint density at radius 2 is 1.90 bits per heavy atom. The summed E-state index contributed by atoms with van der Waals surface area (Å²) in [6.45, 7) is 0.0133. The number of furan rings is 1. The number of benzene rings is 2. The molecule has 152 valence electrons. The Labute approximate surface area is 172 Å². The molecule has 0 fully saturated rings. The van der Waals surface area contributed by atoms with Gasteiger partial charge in [-0.25, -0.2) is 9.59 Å². The zero-order chi connectivity index (χ0) is 21.1. The normalized spacial score (nSPS) is 10.7. The van der Waals surface area contributed by atoms with Gasteiger partial charge in [-0.2, -0.15) is 0 Å². The van der Waals surface area contributed by atoms with Crippen LogP contribution >= 0.6 is 0 Å². The van der Waals surface area contributed by atoms with Crippen molar-refractivity contribution in [2.24, 2.45) is 0 Å². The lowest BCUT2D eigenvalue weighted by Crippen LogP contribution is -2.14. The molecule has 0 amide bonds. The lowest BCUT2D eigenvalue weighted by atomic mass is 10.1. The number of nitrogens with zero attached hydrogens (tertiary/aromatic N) is 1. The third kappa shape index (κ3) is 3.77. The second-order valence-electron chi connectivity index (χ2n) is 6.55. The maximum absolute atomic E-state index is 12.7. The Balaban J connectivity index is 1.69. The Kier molecular flexibility index (Phi) is 5.26. The number of rotatable bonds is 6. The third-order valence-electron chi connectivity index (χ3n) is 4.71. The van der Waals surface area contributed by atoms with Crippen LogP contribution in [0.2, 0.25) is 0 Å². The van der Waals surface area contributed by atoms with Crippen LogP contribution in [0.25, 0.3) is 11.0 Å². The van der Waals surface area contributed by atoms with E-state index in [1.165, 1.54) is 19.4 Å². The van der Waals surface area contributed by atoms with Crippen LogP contribution in [0.15, 0.2) is 80.6 Å². The van der Waals surface area contributed by atoms with E-state index < -0.39 is 11.6 Å². The first kappa shape index (κ1) is 19.3. The summed E-state index contributed by atoms with van der Waals surface area (Å²) < 4.78 is 21.1. The zero-order valence-electron chi connectivity index (χ0n) is 16.5. The molecule has 7 heteroatoms. The number of carbonyl (C=O) groups is 1. The SMILES string of the molecule is COc1ccc(N(C)c2cc(=O)oc3ccccc23)cc1C(=O)OCc1ccco1. The monoisotopic (exact) mass is 405 g/mol. The molecular formula is C23H19NO6. The summed E-state index contributed by atoms with van der Waals surface area (Å²) >= 11 is 0. The van der Waals surface area contributed by atoms with Crippen LogP contribution in [0.3, 0.4) is 0 Å². The molecule has 2 aromatic carbocycles.